The van der Waals surface area contributed by atoms with E-state index in [0.29, 0.717) is 12.4 Å². The van der Waals surface area contributed by atoms with Gasteiger partial charge in [0.2, 0.25) is 5.91 Å². The minimum Gasteiger partial charge on any atom is -0.355 e. The largest absolute Gasteiger partial charge is 0.355 e. The molecular formula is C20H21FN6O. The number of hydrogen-bond acceptors (Lipinski definition) is 5. The third-order valence-electron chi connectivity index (χ3n) is 4.95. The molecule has 8 heteroatoms. The number of anilines is 1. The van der Waals surface area contributed by atoms with E-state index in [1.807, 2.05) is 24.4 Å². The lowest BCUT2D eigenvalue weighted by molar-refractivity contribution is -0.125. The lowest BCUT2D eigenvalue weighted by Crippen LogP contribution is -2.40. The molecule has 1 aliphatic heterocycles. The smallest absolute Gasteiger partial charge is 0.223 e. The van der Waals surface area contributed by atoms with E-state index < -0.39 is 0 Å². The van der Waals surface area contributed by atoms with Gasteiger partial charge in [0, 0.05) is 37.9 Å². The standard InChI is InChI=1S/C20H21FN6O/c21-17-4-2-15(3-5-17)14-22-20(28)16-8-12-26(13-9-16)18-6-7-19(25-24-18)27-11-1-10-23-27/h1-7,10-11,16H,8-9,12-14H2,(H,22,28). The average Bonchev–Trinajstić information content (AvgIpc) is 3.28. The molecule has 0 radical (unpaired) electrons. The first-order valence-corrected chi connectivity index (χ1v) is 9.30. The van der Waals surface area contributed by atoms with Gasteiger partial charge < -0.3 is 10.2 Å². The van der Waals surface area contributed by atoms with Gasteiger partial charge in [0.05, 0.1) is 0 Å². The van der Waals surface area contributed by atoms with Gasteiger partial charge in [-0.05, 0) is 48.7 Å². The van der Waals surface area contributed by atoms with Gasteiger partial charge in [-0.1, -0.05) is 12.1 Å². The number of carbonyl (C=O) groups excluding carboxylic acids is 1. The fourth-order valence-electron chi connectivity index (χ4n) is 3.32. The summed E-state index contributed by atoms with van der Waals surface area (Å²) in [4.78, 5) is 14.6. The molecule has 0 bridgehead atoms. The molecule has 3 heterocycles. The molecule has 7 nitrogen and oxygen atoms in total. The van der Waals surface area contributed by atoms with Crippen LogP contribution in [-0.2, 0) is 11.3 Å². The van der Waals surface area contributed by atoms with Crippen LogP contribution in [0.15, 0.2) is 54.9 Å². The highest BCUT2D eigenvalue weighted by Crippen LogP contribution is 2.22. The summed E-state index contributed by atoms with van der Waals surface area (Å²) in [6.45, 7) is 1.93. The van der Waals surface area contributed by atoms with Crippen molar-refractivity contribution >= 4 is 11.7 Å². The zero-order valence-electron chi connectivity index (χ0n) is 15.3. The van der Waals surface area contributed by atoms with Crippen LogP contribution in [0.1, 0.15) is 18.4 Å². The number of hydrogen-bond donors (Lipinski definition) is 1. The van der Waals surface area contributed by atoms with Crippen molar-refractivity contribution in [2.75, 3.05) is 18.0 Å². The highest BCUT2D eigenvalue weighted by Gasteiger charge is 2.25. The SMILES string of the molecule is O=C(NCc1ccc(F)cc1)C1CCN(c2ccc(-n3cccn3)nn2)CC1. The molecule has 4 rings (SSSR count). The molecule has 1 aliphatic rings. The first-order valence-electron chi connectivity index (χ1n) is 9.30. The van der Waals surface area contributed by atoms with E-state index >= 15 is 0 Å². The summed E-state index contributed by atoms with van der Waals surface area (Å²) >= 11 is 0. The minimum atomic E-state index is -0.275. The van der Waals surface area contributed by atoms with Crippen LogP contribution in [-0.4, -0.2) is 39.0 Å². The number of benzene rings is 1. The van der Waals surface area contributed by atoms with Crippen molar-refractivity contribution in [2.45, 2.75) is 19.4 Å². The van der Waals surface area contributed by atoms with Gasteiger partial charge >= 0.3 is 0 Å². The van der Waals surface area contributed by atoms with Crippen LogP contribution in [0.3, 0.4) is 0 Å². The van der Waals surface area contributed by atoms with E-state index in [-0.39, 0.29) is 17.6 Å². The van der Waals surface area contributed by atoms with E-state index in [0.717, 1.165) is 37.3 Å². The Morgan fingerprint density at radius 3 is 2.43 bits per heavy atom. The van der Waals surface area contributed by atoms with E-state index in [2.05, 4.69) is 25.5 Å². The Morgan fingerprint density at radius 2 is 1.79 bits per heavy atom. The summed E-state index contributed by atoms with van der Waals surface area (Å²) in [5, 5.41) is 15.6. The Kier molecular flexibility index (Phi) is 5.27. The Bertz CT molecular complexity index is 903. The number of aromatic nitrogens is 4. The van der Waals surface area contributed by atoms with Crippen LogP contribution in [0.25, 0.3) is 5.82 Å². The van der Waals surface area contributed by atoms with E-state index in [4.69, 9.17) is 0 Å². The molecule has 1 saturated heterocycles. The summed E-state index contributed by atoms with van der Waals surface area (Å²) in [5.41, 5.74) is 0.889. The van der Waals surface area contributed by atoms with Crippen molar-refractivity contribution in [3.63, 3.8) is 0 Å². The van der Waals surface area contributed by atoms with Crippen molar-refractivity contribution in [3.05, 3.63) is 66.2 Å². The Balaban J connectivity index is 1.28. The maximum atomic E-state index is 12.9. The zero-order chi connectivity index (χ0) is 19.3. The second kappa shape index (κ2) is 8.16. The fourth-order valence-corrected chi connectivity index (χ4v) is 3.32. The number of nitrogens with one attached hydrogen (secondary N) is 1. The fraction of sp³-hybridized carbons (Fsp3) is 0.300. The summed E-state index contributed by atoms with van der Waals surface area (Å²) < 4.78 is 14.6. The molecule has 0 aliphatic carbocycles. The lowest BCUT2D eigenvalue weighted by atomic mass is 9.96. The Morgan fingerprint density at radius 1 is 1.07 bits per heavy atom. The average molecular weight is 380 g/mol. The molecule has 2 aromatic heterocycles. The molecule has 28 heavy (non-hydrogen) atoms. The molecule has 0 unspecified atom stereocenters. The summed E-state index contributed by atoms with van der Waals surface area (Å²) in [7, 11) is 0. The van der Waals surface area contributed by atoms with E-state index in [9.17, 15) is 9.18 Å². The van der Waals surface area contributed by atoms with Gasteiger partial charge in [-0.3, -0.25) is 4.79 Å². The lowest BCUT2D eigenvalue weighted by Gasteiger charge is -2.31. The van der Waals surface area contributed by atoms with Crippen LogP contribution >= 0.6 is 0 Å². The predicted octanol–water partition coefficient (Wildman–Crippen LogP) is 2.33. The predicted molar refractivity (Wildman–Crippen MR) is 102 cm³/mol. The highest BCUT2D eigenvalue weighted by atomic mass is 19.1. The summed E-state index contributed by atoms with van der Waals surface area (Å²) in [6.07, 6.45) is 5.04. The van der Waals surface area contributed by atoms with Crippen molar-refractivity contribution in [3.8, 4) is 5.82 Å². The molecule has 1 amide bonds. The third-order valence-corrected chi connectivity index (χ3v) is 4.95. The van der Waals surface area contributed by atoms with Gasteiger partial charge in [0.15, 0.2) is 11.6 Å². The van der Waals surface area contributed by atoms with Crippen LogP contribution in [0, 0.1) is 11.7 Å². The Labute approximate surface area is 162 Å². The van der Waals surface area contributed by atoms with Crippen molar-refractivity contribution in [1.29, 1.82) is 0 Å². The maximum Gasteiger partial charge on any atom is 0.223 e. The molecule has 144 valence electrons. The molecule has 0 saturated carbocycles. The molecule has 1 aromatic carbocycles. The molecular weight excluding hydrogens is 359 g/mol. The second-order valence-corrected chi connectivity index (χ2v) is 6.81. The number of halogens is 1. The van der Waals surface area contributed by atoms with Crippen LogP contribution in [0.4, 0.5) is 10.2 Å². The zero-order valence-corrected chi connectivity index (χ0v) is 15.3. The molecule has 3 aromatic rings. The first-order chi connectivity index (χ1) is 13.7. The van der Waals surface area contributed by atoms with E-state index in [1.54, 1.807) is 23.0 Å². The summed E-state index contributed by atoms with van der Waals surface area (Å²) in [6, 6.07) is 11.8. The number of nitrogens with zero attached hydrogens (tertiary/aromatic N) is 5. The van der Waals surface area contributed by atoms with Gasteiger partial charge in [-0.15, -0.1) is 10.2 Å². The second-order valence-electron chi connectivity index (χ2n) is 6.81. The number of carbonyl (C=O) groups is 1. The number of piperidine rings is 1. The minimum absolute atomic E-state index is 0.0204. The third kappa shape index (κ3) is 4.16. The van der Waals surface area contributed by atoms with Crippen LogP contribution in [0.2, 0.25) is 0 Å². The van der Waals surface area contributed by atoms with Crippen molar-refractivity contribution in [1.82, 2.24) is 25.3 Å². The first kappa shape index (κ1) is 18.1. The maximum absolute atomic E-state index is 12.9. The number of rotatable bonds is 5. The van der Waals surface area contributed by atoms with Gasteiger partial charge in [0.1, 0.15) is 5.82 Å². The highest BCUT2D eigenvalue weighted by molar-refractivity contribution is 5.79. The van der Waals surface area contributed by atoms with Gasteiger partial charge in [0.25, 0.3) is 0 Å². The molecule has 1 N–H and O–H groups in total. The van der Waals surface area contributed by atoms with Gasteiger partial charge in [-0.2, -0.15) is 5.10 Å². The monoisotopic (exact) mass is 380 g/mol. The molecule has 1 fully saturated rings. The van der Waals surface area contributed by atoms with Crippen LogP contribution < -0.4 is 10.2 Å². The summed E-state index contributed by atoms with van der Waals surface area (Å²) in [5.74, 6) is 1.23. The van der Waals surface area contributed by atoms with Crippen molar-refractivity contribution in [2.24, 2.45) is 5.92 Å². The van der Waals surface area contributed by atoms with E-state index in [1.165, 1.54) is 12.1 Å². The Hall–Kier alpha value is -3.29. The normalized spacial score (nSPS) is 14.8. The van der Waals surface area contributed by atoms with Crippen LogP contribution in [0.5, 0.6) is 0 Å². The topological polar surface area (TPSA) is 75.9 Å². The molecule has 0 atom stereocenters. The quantitative estimate of drug-likeness (QED) is 0.735. The van der Waals surface area contributed by atoms with Gasteiger partial charge in [-0.25, -0.2) is 9.07 Å². The number of amides is 1. The molecule has 0 spiro atoms. The van der Waals surface area contributed by atoms with Crippen molar-refractivity contribution < 1.29 is 9.18 Å².